The first-order valence-corrected chi connectivity index (χ1v) is 3.33. The molecule has 0 atom stereocenters. The van der Waals surface area contributed by atoms with Crippen LogP contribution in [0.1, 0.15) is 11.1 Å². The molecule has 0 saturated heterocycles. The first kappa shape index (κ1) is 8.45. The van der Waals surface area contributed by atoms with Crippen molar-refractivity contribution in [3.8, 4) is 0 Å². The monoisotopic (exact) mass is 138 g/mol. The molecule has 11 heavy (non-hydrogen) atoms. The fourth-order valence-electron chi connectivity index (χ4n) is 1.25. The van der Waals surface area contributed by atoms with Crippen molar-refractivity contribution in [1.82, 2.24) is 0 Å². The molecule has 0 aliphatic heterocycles. The van der Waals surface area contributed by atoms with Gasteiger partial charge < -0.3 is 5.11 Å². The van der Waals surface area contributed by atoms with E-state index in [-0.39, 0.29) is 24.6 Å². The summed E-state index contributed by atoms with van der Waals surface area (Å²) in [5.41, 5.74) is 2.04. The molecule has 2 heteroatoms. The van der Waals surface area contributed by atoms with Gasteiger partial charge in [0.15, 0.2) is 0 Å². The van der Waals surface area contributed by atoms with Gasteiger partial charge in [-0.3, -0.25) is 0 Å². The summed E-state index contributed by atoms with van der Waals surface area (Å²) < 4.78 is 0. The molecule has 0 aromatic heterocycles. The van der Waals surface area contributed by atoms with Gasteiger partial charge in [-0.25, -0.2) is 0 Å². The Morgan fingerprint density at radius 2 is 1.91 bits per heavy atom. The molecule has 0 radical (unpaired) electrons. The summed E-state index contributed by atoms with van der Waals surface area (Å²) in [6.45, 7) is 0. The molecule has 1 aliphatic carbocycles. The van der Waals surface area contributed by atoms with Crippen molar-refractivity contribution < 1.29 is 24.0 Å². The molecular formula is C9H7LiO. The van der Waals surface area contributed by atoms with Gasteiger partial charge in [-0.2, -0.15) is 0 Å². The van der Waals surface area contributed by atoms with E-state index in [0.717, 1.165) is 17.5 Å². The fourth-order valence-corrected chi connectivity index (χ4v) is 1.25. The van der Waals surface area contributed by atoms with Crippen molar-refractivity contribution >= 4 is 5.76 Å². The van der Waals surface area contributed by atoms with Gasteiger partial charge >= 0.3 is 18.9 Å². The van der Waals surface area contributed by atoms with Crippen molar-refractivity contribution in [2.75, 3.05) is 0 Å². The van der Waals surface area contributed by atoms with E-state index in [1.54, 1.807) is 6.08 Å². The van der Waals surface area contributed by atoms with Gasteiger partial charge in [0.05, 0.1) is 0 Å². The molecule has 0 saturated carbocycles. The largest absolute Gasteiger partial charge is 1.00 e. The quantitative estimate of drug-likeness (QED) is 0.378. The molecule has 1 aliphatic rings. The van der Waals surface area contributed by atoms with Crippen LogP contribution in [0.15, 0.2) is 30.3 Å². The number of hydrogen-bond acceptors (Lipinski definition) is 1. The average molecular weight is 138 g/mol. The van der Waals surface area contributed by atoms with Gasteiger partial charge in [0, 0.05) is 0 Å². The van der Waals surface area contributed by atoms with Crippen LogP contribution in [0.5, 0.6) is 0 Å². The summed E-state index contributed by atoms with van der Waals surface area (Å²) in [5.74, 6) is 0.176. The van der Waals surface area contributed by atoms with Crippen LogP contribution in [0.2, 0.25) is 0 Å². The van der Waals surface area contributed by atoms with E-state index in [1.165, 1.54) is 0 Å². The van der Waals surface area contributed by atoms with Gasteiger partial charge in [0.2, 0.25) is 0 Å². The zero-order valence-corrected chi connectivity index (χ0v) is 6.50. The van der Waals surface area contributed by atoms with E-state index in [4.69, 9.17) is 0 Å². The Labute approximate surface area is 77.9 Å². The standard InChI is InChI=1S/C9H8O.Li/c10-9-6-5-7-3-1-2-4-8(7)9;/h1-4,6,10H,5H2;/q;+1/p-1. The van der Waals surface area contributed by atoms with Crippen LogP contribution >= 0.6 is 0 Å². The minimum Gasteiger partial charge on any atom is -0.872 e. The Bertz CT molecular complexity index is 291. The van der Waals surface area contributed by atoms with E-state index < -0.39 is 0 Å². The van der Waals surface area contributed by atoms with Crippen LogP contribution in [-0.4, -0.2) is 0 Å². The van der Waals surface area contributed by atoms with E-state index in [0.29, 0.717) is 0 Å². The van der Waals surface area contributed by atoms with E-state index >= 15 is 0 Å². The van der Waals surface area contributed by atoms with E-state index in [1.807, 2.05) is 24.3 Å². The second-order valence-electron chi connectivity index (χ2n) is 2.43. The summed E-state index contributed by atoms with van der Waals surface area (Å²) in [6, 6.07) is 7.74. The summed E-state index contributed by atoms with van der Waals surface area (Å²) in [6.07, 6.45) is 2.54. The molecule has 2 rings (SSSR count). The number of allylic oxidation sites excluding steroid dienone is 1. The zero-order chi connectivity index (χ0) is 6.97. The molecule has 0 fully saturated rings. The van der Waals surface area contributed by atoms with Crippen molar-refractivity contribution in [3.63, 3.8) is 0 Å². The smallest absolute Gasteiger partial charge is 0.872 e. The third kappa shape index (κ3) is 1.35. The van der Waals surface area contributed by atoms with Gasteiger partial charge in [-0.1, -0.05) is 30.3 Å². The molecule has 0 N–H and O–H groups in total. The van der Waals surface area contributed by atoms with Crippen molar-refractivity contribution in [1.29, 1.82) is 0 Å². The third-order valence-corrected chi connectivity index (χ3v) is 1.79. The van der Waals surface area contributed by atoms with E-state index in [2.05, 4.69) is 0 Å². The number of benzene rings is 1. The predicted molar refractivity (Wildman–Crippen MR) is 38.1 cm³/mol. The summed E-state index contributed by atoms with van der Waals surface area (Å²) in [5, 5.41) is 11.0. The van der Waals surface area contributed by atoms with Crippen molar-refractivity contribution in [2.45, 2.75) is 6.42 Å². The van der Waals surface area contributed by atoms with Gasteiger partial charge in [0.25, 0.3) is 0 Å². The minimum absolute atomic E-state index is 0. The van der Waals surface area contributed by atoms with E-state index in [9.17, 15) is 5.11 Å². The Morgan fingerprint density at radius 3 is 2.64 bits per heavy atom. The maximum absolute atomic E-state index is 11.0. The number of fused-ring (bicyclic) bond motifs is 1. The molecule has 0 unspecified atom stereocenters. The second-order valence-corrected chi connectivity index (χ2v) is 2.43. The Hall–Kier alpha value is -0.643. The molecule has 0 heterocycles. The Kier molecular flexibility index (Phi) is 2.44. The van der Waals surface area contributed by atoms with Gasteiger partial charge in [0.1, 0.15) is 0 Å². The van der Waals surface area contributed by atoms with Gasteiger partial charge in [-0.15, -0.1) is 5.76 Å². The number of rotatable bonds is 0. The Balaban J connectivity index is 0.000000605. The maximum atomic E-state index is 11.0. The SMILES string of the molecule is [Li+].[O-]C1=CCc2ccccc21. The summed E-state index contributed by atoms with van der Waals surface area (Å²) in [7, 11) is 0. The van der Waals surface area contributed by atoms with Crippen LogP contribution in [0.3, 0.4) is 0 Å². The Morgan fingerprint density at radius 1 is 1.18 bits per heavy atom. The summed E-state index contributed by atoms with van der Waals surface area (Å²) in [4.78, 5) is 0. The second kappa shape index (κ2) is 3.17. The topological polar surface area (TPSA) is 23.1 Å². The molecule has 1 aromatic carbocycles. The molecule has 1 aromatic rings. The first-order valence-electron chi connectivity index (χ1n) is 3.33. The van der Waals surface area contributed by atoms with Crippen LogP contribution in [0.4, 0.5) is 0 Å². The average Bonchev–Trinajstić information content (AvgIpc) is 2.34. The first-order chi connectivity index (χ1) is 4.88. The summed E-state index contributed by atoms with van der Waals surface area (Å²) >= 11 is 0. The fraction of sp³-hybridized carbons (Fsp3) is 0.111. The van der Waals surface area contributed by atoms with Crippen LogP contribution in [0, 0.1) is 0 Å². The van der Waals surface area contributed by atoms with Crippen LogP contribution < -0.4 is 24.0 Å². The predicted octanol–water partition coefficient (Wildman–Crippen LogP) is -2.05. The zero-order valence-electron chi connectivity index (χ0n) is 6.50. The van der Waals surface area contributed by atoms with Crippen LogP contribution in [-0.2, 0) is 6.42 Å². The number of hydrogen-bond donors (Lipinski definition) is 0. The minimum atomic E-state index is 0. The van der Waals surface area contributed by atoms with Crippen LogP contribution in [0.25, 0.3) is 5.76 Å². The van der Waals surface area contributed by atoms with Crippen molar-refractivity contribution in [3.05, 3.63) is 41.5 Å². The molecule has 0 spiro atoms. The molecule has 0 bridgehead atoms. The molecule has 0 amide bonds. The maximum Gasteiger partial charge on any atom is 1.00 e. The van der Waals surface area contributed by atoms with Gasteiger partial charge in [-0.05, 0) is 17.5 Å². The molecular weight excluding hydrogens is 131 g/mol. The van der Waals surface area contributed by atoms with Crippen molar-refractivity contribution in [2.24, 2.45) is 0 Å². The molecule has 50 valence electrons. The molecule has 1 nitrogen and oxygen atoms in total. The third-order valence-electron chi connectivity index (χ3n) is 1.79. The normalized spacial score (nSPS) is 13.3.